The molecule has 3 rings (SSSR count). The molecule has 1 aromatic heterocycles. The van der Waals surface area contributed by atoms with Crippen molar-refractivity contribution in [3.8, 4) is 17.2 Å². The molecule has 0 radical (unpaired) electrons. The highest BCUT2D eigenvalue weighted by Gasteiger charge is 2.18. The Kier molecular flexibility index (Phi) is 4.74. The molecule has 1 heterocycles. The first-order valence-corrected chi connectivity index (χ1v) is 7.81. The lowest BCUT2D eigenvalue weighted by Crippen LogP contribution is -2.28. The van der Waals surface area contributed by atoms with Gasteiger partial charge in [0.05, 0.1) is 5.69 Å². The summed E-state index contributed by atoms with van der Waals surface area (Å²) in [6.07, 6.45) is 0.727. The van der Waals surface area contributed by atoms with Crippen LogP contribution < -0.4 is 9.47 Å². The molecule has 0 saturated carbocycles. The number of carbonyl (C=O) groups is 1. The number of tetrazole rings is 1. The zero-order valence-corrected chi connectivity index (χ0v) is 14.2. The number of aryl methyl sites for hydroxylation is 2. The van der Waals surface area contributed by atoms with E-state index in [2.05, 4.69) is 15.5 Å². The molecule has 0 aliphatic carbocycles. The van der Waals surface area contributed by atoms with Crippen LogP contribution in [0.1, 0.15) is 18.1 Å². The van der Waals surface area contributed by atoms with Crippen molar-refractivity contribution in [1.29, 1.82) is 0 Å². The van der Waals surface area contributed by atoms with E-state index in [0.29, 0.717) is 17.2 Å². The zero-order valence-electron chi connectivity index (χ0n) is 14.2. The fourth-order valence-corrected chi connectivity index (χ4v) is 2.42. The lowest BCUT2D eigenvalue weighted by atomic mass is 10.1. The third-order valence-electron chi connectivity index (χ3n) is 3.49. The van der Waals surface area contributed by atoms with E-state index in [1.54, 1.807) is 25.1 Å². The number of ether oxygens (including phenoxy) is 2. The lowest BCUT2D eigenvalue weighted by molar-refractivity contribution is -0.141. The number of rotatable bonds is 5. The quantitative estimate of drug-likeness (QED) is 0.526. The summed E-state index contributed by atoms with van der Waals surface area (Å²) < 4.78 is 12.6. The summed E-state index contributed by atoms with van der Waals surface area (Å²) in [6.45, 7) is 5.62. The van der Waals surface area contributed by atoms with E-state index < -0.39 is 12.1 Å². The number of hydrogen-bond acceptors (Lipinski definition) is 6. The van der Waals surface area contributed by atoms with Gasteiger partial charge in [-0.15, -0.1) is 5.10 Å². The van der Waals surface area contributed by atoms with Gasteiger partial charge in [0.15, 0.2) is 6.10 Å². The molecular weight excluding hydrogens is 320 g/mol. The van der Waals surface area contributed by atoms with Gasteiger partial charge < -0.3 is 9.47 Å². The van der Waals surface area contributed by atoms with Crippen molar-refractivity contribution in [2.75, 3.05) is 0 Å². The molecule has 1 atom stereocenters. The van der Waals surface area contributed by atoms with Gasteiger partial charge in [0, 0.05) is 6.07 Å². The third kappa shape index (κ3) is 4.20. The van der Waals surface area contributed by atoms with Crippen molar-refractivity contribution in [2.24, 2.45) is 0 Å². The Balaban J connectivity index is 1.68. The molecule has 7 nitrogen and oxygen atoms in total. The van der Waals surface area contributed by atoms with Crippen LogP contribution in [0.3, 0.4) is 0 Å². The summed E-state index contributed by atoms with van der Waals surface area (Å²) in [5.41, 5.74) is 2.84. The Labute approximate surface area is 145 Å². The van der Waals surface area contributed by atoms with Gasteiger partial charge in [0.1, 0.15) is 17.8 Å². The average Bonchev–Trinajstić information content (AvgIpc) is 3.08. The minimum absolute atomic E-state index is 0.397. The number of benzene rings is 2. The van der Waals surface area contributed by atoms with Crippen LogP contribution in [0.5, 0.6) is 11.5 Å². The Morgan fingerprint density at radius 2 is 1.84 bits per heavy atom. The first kappa shape index (κ1) is 16.6. The average molecular weight is 338 g/mol. The first-order chi connectivity index (χ1) is 12.0. The van der Waals surface area contributed by atoms with Gasteiger partial charge in [-0.05, 0) is 66.6 Å². The maximum atomic E-state index is 12.3. The molecule has 0 saturated heterocycles. The fourth-order valence-electron chi connectivity index (χ4n) is 2.42. The summed E-state index contributed by atoms with van der Waals surface area (Å²) in [5.74, 6) is 0.561. The number of esters is 1. The summed E-state index contributed by atoms with van der Waals surface area (Å²) in [4.78, 5) is 12.3. The van der Waals surface area contributed by atoms with Gasteiger partial charge in [-0.3, -0.25) is 0 Å². The van der Waals surface area contributed by atoms with Crippen LogP contribution >= 0.6 is 0 Å². The van der Waals surface area contributed by atoms with E-state index in [0.717, 1.165) is 11.1 Å². The Hall–Kier alpha value is -3.22. The van der Waals surface area contributed by atoms with Crippen LogP contribution in [-0.2, 0) is 4.79 Å². The highest BCUT2D eigenvalue weighted by Crippen LogP contribution is 2.20. The van der Waals surface area contributed by atoms with Crippen molar-refractivity contribution in [3.63, 3.8) is 0 Å². The number of aromatic nitrogens is 4. The molecule has 0 N–H and O–H groups in total. The Morgan fingerprint density at radius 1 is 1.08 bits per heavy atom. The topological polar surface area (TPSA) is 79.1 Å². The predicted molar refractivity (Wildman–Crippen MR) is 90.8 cm³/mol. The van der Waals surface area contributed by atoms with Crippen LogP contribution in [0.2, 0.25) is 0 Å². The zero-order chi connectivity index (χ0) is 17.8. The number of nitrogens with zero attached hydrogens (tertiary/aromatic N) is 4. The first-order valence-electron chi connectivity index (χ1n) is 7.81. The lowest BCUT2D eigenvalue weighted by Gasteiger charge is -2.15. The van der Waals surface area contributed by atoms with E-state index in [1.165, 1.54) is 11.0 Å². The second-order valence-electron chi connectivity index (χ2n) is 5.76. The maximum Gasteiger partial charge on any atom is 0.352 e. The van der Waals surface area contributed by atoms with E-state index in [4.69, 9.17) is 9.47 Å². The van der Waals surface area contributed by atoms with E-state index >= 15 is 0 Å². The van der Waals surface area contributed by atoms with Crippen LogP contribution in [-0.4, -0.2) is 32.3 Å². The van der Waals surface area contributed by atoms with Crippen molar-refractivity contribution in [2.45, 2.75) is 26.9 Å². The van der Waals surface area contributed by atoms with Crippen molar-refractivity contribution in [1.82, 2.24) is 20.2 Å². The molecule has 0 fully saturated rings. The second-order valence-corrected chi connectivity index (χ2v) is 5.76. The monoisotopic (exact) mass is 338 g/mol. The van der Waals surface area contributed by atoms with Crippen LogP contribution in [0.4, 0.5) is 0 Å². The van der Waals surface area contributed by atoms with Crippen LogP contribution in [0.15, 0.2) is 48.8 Å². The van der Waals surface area contributed by atoms with Crippen molar-refractivity contribution in [3.05, 3.63) is 59.9 Å². The molecule has 0 amide bonds. The van der Waals surface area contributed by atoms with Gasteiger partial charge in [-0.25, -0.2) is 9.48 Å². The standard InChI is InChI=1S/C18H18N4O3/c1-12-7-13(2)9-17(8-12)24-14(3)18(23)25-16-6-4-5-15(10-16)22-11-19-20-21-22/h4-11,14H,1-3H3. The summed E-state index contributed by atoms with van der Waals surface area (Å²) in [7, 11) is 0. The van der Waals surface area contributed by atoms with Crippen LogP contribution in [0.25, 0.3) is 5.69 Å². The van der Waals surface area contributed by atoms with Crippen LogP contribution in [0, 0.1) is 13.8 Å². The molecule has 3 aromatic rings. The molecule has 0 spiro atoms. The minimum atomic E-state index is -0.738. The largest absolute Gasteiger partial charge is 0.479 e. The molecular formula is C18H18N4O3. The Morgan fingerprint density at radius 3 is 2.52 bits per heavy atom. The molecule has 0 aliphatic rings. The molecule has 0 aliphatic heterocycles. The van der Waals surface area contributed by atoms with Gasteiger partial charge in [-0.1, -0.05) is 12.1 Å². The number of carbonyl (C=O) groups excluding carboxylic acids is 1. The SMILES string of the molecule is Cc1cc(C)cc(OC(C)C(=O)Oc2cccc(-n3cnnn3)c2)c1. The summed E-state index contributed by atoms with van der Waals surface area (Å²) >= 11 is 0. The minimum Gasteiger partial charge on any atom is -0.479 e. The summed E-state index contributed by atoms with van der Waals surface area (Å²) in [5, 5.41) is 11.0. The fraction of sp³-hybridized carbons (Fsp3) is 0.222. The maximum absolute atomic E-state index is 12.3. The van der Waals surface area contributed by atoms with E-state index in [1.807, 2.05) is 38.1 Å². The summed E-state index contributed by atoms with van der Waals surface area (Å²) in [6, 6.07) is 12.7. The molecule has 7 heteroatoms. The normalized spacial score (nSPS) is 11.8. The van der Waals surface area contributed by atoms with E-state index in [-0.39, 0.29) is 0 Å². The second kappa shape index (κ2) is 7.12. The molecule has 2 aromatic carbocycles. The highest BCUT2D eigenvalue weighted by atomic mass is 16.6. The van der Waals surface area contributed by atoms with Gasteiger partial charge in [-0.2, -0.15) is 0 Å². The van der Waals surface area contributed by atoms with Crippen molar-refractivity contribution >= 4 is 5.97 Å². The van der Waals surface area contributed by atoms with E-state index in [9.17, 15) is 4.79 Å². The highest BCUT2D eigenvalue weighted by molar-refractivity contribution is 5.77. The molecule has 0 bridgehead atoms. The van der Waals surface area contributed by atoms with Gasteiger partial charge in [0.25, 0.3) is 0 Å². The van der Waals surface area contributed by atoms with Crippen molar-refractivity contribution < 1.29 is 14.3 Å². The Bertz CT molecular complexity index is 858. The molecule has 1 unspecified atom stereocenters. The van der Waals surface area contributed by atoms with Gasteiger partial charge >= 0.3 is 5.97 Å². The third-order valence-corrected chi connectivity index (χ3v) is 3.49. The molecule has 128 valence electrons. The molecule has 25 heavy (non-hydrogen) atoms. The number of hydrogen-bond donors (Lipinski definition) is 0. The van der Waals surface area contributed by atoms with Gasteiger partial charge in [0.2, 0.25) is 0 Å². The smallest absolute Gasteiger partial charge is 0.352 e. The predicted octanol–water partition coefficient (Wildman–Crippen LogP) is 2.65.